The molecule has 1 atom stereocenters. The van der Waals surface area contributed by atoms with Crippen LogP contribution in [0.25, 0.3) is 40.3 Å². The fourth-order valence-electron chi connectivity index (χ4n) is 3.74. The lowest BCUT2D eigenvalue weighted by molar-refractivity contribution is 0.428. The van der Waals surface area contributed by atoms with Crippen molar-refractivity contribution < 1.29 is 13.3 Å². The summed E-state index contributed by atoms with van der Waals surface area (Å²) in [7, 11) is 0. The lowest BCUT2D eigenvalue weighted by atomic mass is 10.1. The van der Waals surface area contributed by atoms with Crippen LogP contribution in [-0.4, -0.2) is 35.4 Å². The van der Waals surface area contributed by atoms with E-state index in [9.17, 15) is 14.0 Å². The summed E-state index contributed by atoms with van der Waals surface area (Å²) in [6, 6.07) is 10.5. The molecule has 2 aliphatic rings. The number of benzene rings is 2. The molecule has 0 fully saturated rings. The van der Waals surface area contributed by atoms with Crippen LogP contribution in [0.4, 0.5) is 14.5 Å². The van der Waals surface area contributed by atoms with E-state index in [1.54, 1.807) is 15.7 Å². The average Bonchev–Trinajstić information content (AvgIpc) is 3.50. The molecule has 4 aromatic rings. The molecule has 0 amide bonds. The Labute approximate surface area is 183 Å². The summed E-state index contributed by atoms with van der Waals surface area (Å²) in [5.74, 6) is -0.487. The van der Waals surface area contributed by atoms with Gasteiger partial charge in [-0.05, 0) is 24.3 Å². The number of hydrogen-bond acceptors (Lipinski definition) is 8. The van der Waals surface area contributed by atoms with Crippen LogP contribution >= 0.6 is 11.6 Å². The topological polar surface area (TPSA) is 99.9 Å². The Morgan fingerprint density at radius 2 is 1.88 bits per heavy atom. The van der Waals surface area contributed by atoms with Crippen molar-refractivity contribution in [3.63, 3.8) is 0 Å². The molecule has 12 heteroatoms. The number of alkyl halides is 1. The lowest BCUT2D eigenvalue weighted by Crippen LogP contribution is -2.36. The summed E-state index contributed by atoms with van der Waals surface area (Å²) in [5.41, 5.74) is 0.662. The molecule has 2 aliphatic heterocycles. The third-order valence-electron chi connectivity index (χ3n) is 5.15. The molecule has 9 nitrogen and oxygen atoms in total. The number of fused-ring (bicyclic) bond motifs is 6. The molecular formula is C20H9ClF2N8O. The molecule has 156 valence electrons. The average molecular weight is 451 g/mol. The van der Waals surface area contributed by atoms with Crippen LogP contribution in [0.15, 0.2) is 53.2 Å². The van der Waals surface area contributed by atoms with Gasteiger partial charge in [0.2, 0.25) is 11.6 Å². The maximum Gasteiger partial charge on any atom is 0.296 e. The van der Waals surface area contributed by atoms with Crippen LogP contribution in [-0.2, 0) is 0 Å². The van der Waals surface area contributed by atoms with Gasteiger partial charge in [0, 0.05) is 11.6 Å². The number of aromatic nitrogens is 5. The van der Waals surface area contributed by atoms with Gasteiger partial charge in [-0.2, -0.15) is 10.2 Å². The third kappa shape index (κ3) is 2.47. The Kier molecular flexibility index (Phi) is 3.81. The number of nitrogens with zero attached hydrogens (tertiary/aromatic N) is 8. The molecule has 32 heavy (non-hydrogen) atoms. The molecule has 0 N–H and O–H groups in total. The van der Waals surface area contributed by atoms with Crippen molar-refractivity contribution >= 4 is 23.1 Å². The quantitative estimate of drug-likeness (QED) is 0.258. The molecular weight excluding hydrogens is 442 g/mol. The second-order valence-corrected chi connectivity index (χ2v) is 7.31. The maximum atomic E-state index is 14.2. The molecule has 1 unspecified atom stereocenters. The first-order valence-corrected chi connectivity index (χ1v) is 9.68. The predicted molar refractivity (Wildman–Crippen MR) is 108 cm³/mol. The molecule has 6 rings (SSSR count). The summed E-state index contributed by atoms with van der Waals surface area (Å²) in [6.45, 7) is 0. The highest BCUT2D eigenvalue weighted by Crippen LogP contribution is 2.46. The molecule has 0 radical (unpaired) electrons. The van der Waals surface area contributed by atoms with Crippen molar-refractivity contribution in [2.24, 2.45) is 0 Å². The monoisotopic (exact) mass is 450 g/mol. The Morgan fingerprint density at radius 3 is 2.69 bits per heavy atom. The maximum absolute atomic E-state index is 14.2. The minimum absolute atomic E-state index is 0.0247. The third-order valence-corrected chi connectivity index (χ3v) is 5.55. The summed E-state index contributed by atoms with van der Waals surface area (Å²) in [5, 5.41) is 21.7. The van der Waals surface area contributed by atoms with E-state index in [4.69, 9.17) is 16.1 Å². The number of para-hydroxylation sites is 1. The second-order valence-electron chi connectivity index (χ2n) is 6.92. The highest BCUT2D eigenvalue weighted by atomic mass is 35.5. The summed E-state index contributed by atoms with van der Waals surface area (Å²) in [6.07, 6.45) is 3.58. The molecule has 2 aromatic carbocycles. The van der Waals surface area contributed by atoms with Crippen LogP contribution < -0.4 is 4.90 Å². The van der Waals surface area contributed by atoms with Crippen molar-refractivity contribution in [1.29, 1.82) is 5.26 Å². The first-order chi connectivity index (χ1) is 15.6. The normalized spacial score (nSPS) is 16.3. The van der Waals surface area contributed by atoms with E-state index < -0.39 is 17.3 Å². The van der Waals surface area contributed by atoms with Crippen LogP contribution in [0.3, 0.4) is 0 Å². The largest absolute Gasteiger partial charge is 0.330 e. The SMILES string of the molecule is N#CN1C=C2N(c3ccccc3-c3nnc(-c4nc(-c5ccc(F)cc5F)no4)n32)C1Cl. The first kappa shape index (κ1) is 18.5. The van der Waals surface area contributed by atoms with Crippen molar-refractivity contribution in [2.75, 3.05) is 4.90 Å². The van der Waals surface area contributed by atoms with Gasteiger partial charge in [0.15, 0.2) is 17.6 Å². The van der Waals surface area contributed by atoms with Crippen LogP contribution in [0.5, 0.6) is 0 Å². The zero-order valence-electron chi connectivity index (χ0n) is 15.8. The van der Waals surface area contributed by atoms with E-state index in [1.165, 1.54) is 11.0 Å². The minimum Gasteiger partial charge on any atom is -0.330 e. The standard InChI is InChI=1S/C20H9ClF2N8O/c21-20-29(9-24)8-15-30(20)14-4-2-1-3-12(14)17-26-27-18(31(15)17)19-25-16(28-32-19)11-6-5-10(22)7-13(11)23/h1-8,20H. The van der Waals surface area contributed by atoms with Gasteiger partial charge >= 0.3 is 0 Å². The van der Waals surface area contributed by atoms with Crippen molar-refractivity contribution in [3.05, 3.63) is 60.3 Å². The van der Waals surface area contributed by atoms with Crippen LogP contribution in [0, 0.1) is 23.1 Å². The molecule has 2 aromatic heterocycles. The van der Waals surface area contributed by atoms with E-state index in [0.29, 0.717) is 11.6 Å². The fraction of sp³-hybridized carbons (Fsp3) is 0.0500. The smallest absolute Gasteiger partial charge is 0.296 e. The highest BCUT2D eigenvalue weighted by molar-refractivity contribution is 6.23. The summed E-state index contributed by atoms with van der Waals surface area (Å²) in [4.78, 5) is 7.25. The van der Waals surface area contributed by atoms with Gasteiger partial charge in [0.05, 0.1) is 17.5 Å². The molecule has 4 heterocycles. The Bertz CT molecular complexity index is 1470. The van der Waals surface area contributed by atoms with Crippen molar-refractivity contribution in [2.45, 2.75) is 5.62 Å². The van der Waals surface area contributed by atoms with Gasteiger partial charge in [-0.25, -0.2) is 13.7 Å². The first-order valence-electron chi connectivity index (χ1n) is 9.24. The number of halogens is 3. The molecule has 0 saturated carbocycles. The molecule has 0 aliphatic carbocycles. The highest BCUT2D eigenvalue weighted by Gasteiger charge is 2.41. The van der Waals surface area contributed by atoms with Gasteiger partial charge in [0.1, 0.15) is 17.5 Å². The van der Waals surface area contributed by atoms with Gasteiger partial charge in [0.25, 0.3) is 5.89 Å². The van der Waals surface area contributed by atoms with Gasteiger partial charge < -0.3 is 4.52 Å². The second kappa shape index (κ2) is 6.60. The fourth-order valence-corrected chi connectivity index (χ4v) is 4.05. The number of hydrogen-bond donors (Lipinski definition) is 0. The Hall–Kier alpha value is -4.30. The number of anilines is 1. The summed E-state index contributed by atoms with van der Waals surface area (Å²) >= 11 is 6.53. The number of nitriles is 1. The van der Waals surface area contributed by atoms with E-state index in [2.05, 4.69) is 20.3 Å². The van der Waals surface area contributed by atoms with Crippen molar-refractivity contribution in [3.8, 4) is 40.7 Å². The van der Waals surface area contributed by atoms with E-state index in [0.717, 1.165) is 23.4 Å². The van der Waals surface area contributed by atoms with Gasteiger partial charge in [-0.15, -0.1) is 10.2 Å². The van der Waals surface area contributed by atoms with E-state index in [-0.39, 0.29) is 23.1 Å². The molecule has 0 saturated heterocycles. The van der Waals surface area contributed by atoms with E-state index in [1.807, 2.05) is 30.5 Å². The minimum atomic E-state index is -0.825. The molecule has 0 bridgehead atoms. The van der Waals surface area contributed by atoms with Crippen LogP contribution in [0.1, 0.15) is 0 Å². The Balaban J connectivity index is 1.53. The van der Waals surface area contributed by atoms with Gasteiger partial charge in [-0.3, -0.25) is 9.47 Å². The molecule has 0 spiro atoms. The lowest BCUT2D eigenvalue weighted by Gasteiger charge is -2.32. The number of rotatable bonds is 2. The van der Waals surface area contributed by atoms with Crippen LogP contribution in [0.2, 0.25) is 0 Å². The zero-order chi connectivity index (χ0) is 22.0. The zero-order valence-corrected chi connectivity index (χ0v) is 16.6. The predicted octanol–water partition coefficient (Wildman–Crippen LogP) is 3.84. The van der Waals surface area contributed by atoms with E-state index >= 15 is 0 Å². The summed E-state index contributed by atoms with van der Waals surface area (Å²) < 4.78 is 34.4. The van der Waals surface area contributed by atoms with Crippen molar-refractivity contribution in [1.82, 2.24) is 29.8 Å². The van der Waals surface area contributed by atoms with Gasteiger partial charge in [-0.1, -0.05) is 28.9 Å². The Morgan fingerprint density at radius 1 is 1.06 bits per heavy atom.